The molecule has 1 amide bonds. The van der Waals surface area contributed by atoms with Crippen molar-refractivity contribution in [2.24, 2.45) is 0 Å². The molecular weight excluding hydrogens is 492 g/mol. The predicted octanol–water partition coefficient (Wildman–Crippen LogP) is 2.34. The Hall–Kier alpha value is -3.16. The van der Waals surface area contributed by atoms with E-state index in [-0.39, 0.29) is 22.8 Å². The van der Waals surface area contributed by atoms with Crippen LogP contribution in [0.2, 0.25) is 0 Å². The van der Waals surface area contributed by atoms with Gasteiger partial charge in [0.2, 0.25) is 15.9 Å². The van der Waals surface area contributed by atoms with E-state index in [2.05, 4.69) is 30.0 Å². The lowest BCUT2D eigenvalue weighted by atomic mass is 9.93. The van der Waals surface area contributed by atoms with Gasteiger partial charge in [0.25, 0.3) is 5.91 Å². The van der Waals surface area contributed by atoms with Gasteiger partial charge in [-0.25, -0.2) is 18.4 Å². The lowest BCUT2D eigenvalue weighted by Gasteiger charge is -2.28. The lowest BCUT2D eigenvalue weighted by Crippen LogP contribution is -2.47. The molecule has 11 nitrogen and oxygen atoms in total. The van der Waals surface area contributed by atoms with Gasteiger partial charge in [0, 0.05) is 25.4 Å². The Bertz CT molecular complexity index is 1340. The Labute approximate surface area is 206 Å². The molecule has 0 radical (unpaired) electrons. The van der Waals surface area contributed by atoms with Crippen molar-refractivity contribution in [3.05, 3.63) is 47.6 Å². The second kappa shape index (κ2) is 9.47. The van der Waals surface area contributed by atoms with Crippen molar-refractivity contribution >= 4 is 33.0 Å². The molecule has 2 N–H and O–H groups in total. The average Bonchev–Trinajstić information content (AvgIpc) is 3.41. The molecule has 3 aromatic heterocycles. The van der Waals surface area contributed by atoms with E-state index >= 15 is 0 Å². The number of thiazole rings is 1. The summed E-state index contributed by atoms with van der Waals surface area (Å²) in [5.41, 5.74) is 0.584. The van der Waals surface area contributed by atoms with Crippen molar-refractivity contribution in [3.63, 3.8) is 0 Å². The first-order valence-electron chi connectivity index (χ1n) is 11.2. The van der Waals surface area contributed by atoms with E-state index < -0.39 is 15.6 Å². The topological polar surface area (TPSA) is 145 Å². The highest BCUT2D eigenvalue weighted by atomic mass is 32.2. The van der Waals surface area contributed by atoms with E-state index in [0.717, 1.165) is 0 Å². The maximum absolute atomic E-state index is 13.2. The number of sulfonamides is 1. The number of nitrogens with one attached hydrogen (secondary N) is 2. The smallest absolute Gasteiger partial charge is 0.281 e. The molecule has 1 saturated heterocycles. The predicted molar refractivity (Wildman–Crippen MR) is 129 cm³/mol. The highest BCUT2D eigenvalue weighted by molar-refractivity contribution is 7.93. The van der Waals surface area contributed by atoms with Crippen molar-refractivity contribution in [3.8, 4) is 16.5 Å². The fourth-order valence-corrected chi connectivity index (χ4v) is 5.91. The second-order valence-corrected chi connectivity index (χ2v) is 11.3. The van der Waals surface area contributed by atoms with Crippen molar-refractivity contribution in [1.82, 2.24) is 25.3 Å². The van der Waals surface area contributed by atoms with Crippen LogP contribution in [0.25, 0.3) is 10.6 Å². The summed E-state index contributed by atoms with van der Waals surface area (Å²) in [6, 6.07) is 3.25. The largest absolute Gasteiger partial charge is 0.477 e. The number of rotatable bonds is 9. The van der Waals surface area contributed by atoms with Gasteiger partial charge in [-0.05, 0) is 31.9 Å². The van der Waals surface area contributed by atoms with Crippen LogP contribution in [-0.2, 0) is 20.3 Å². The van der Waals surface area contributed by atoms with Crippen LogP contribution in [0.5, 0.6) is 5.88 Å². The van der Waals surface area contributed by atoms with Gasteiger partial charge in [-0.15, -0.1) is 11.3 Å². The Morgan fingerprint density at radius 3 is 2.89 bits per heavy atom. The quantitative estimate of drug-likeness (QED) is 0.438. The fourth-order valence-electron chi connectivity index (χ4n) is 3.76. The summed E-state index contributed by atoms with van der Waals surface area (Å²) in [6.07, 6.45) is 8.03. The molecule has 35 heavy (non-hydrogen) atoms. The Balaban J connectivity index is 1.36. The monoisotopic (exact) mass is 516 g/mol. The molecule has 1 atom stereocenters. The Morgan fingerprint density at radius 1 is 1.29 bits per heavy atom. The molecule has 0 aromatic carbocycles. The van der Waals surface area contributed by atoms with Crippen LogP contribution in [0.1, 0.15) is 41.7 Å². The van der Waals surface area contributed by atoms with Crippen LogP contribution in [0, 0.1) is 0 Å². The molecule has 1 aliphatic heterocycles. The van der Waals surface area contributed by atoms with E-state index in [1.165, 1.54) is 23.7 Å². The van der Waals surface area contributed by atoms with E-state index in [1.807, 2.05) is 6.92 Å². The number of nitrogens with zero attached hydrogens (tertiary/aromatic N) is 4. The van der Waals surface area contributed by atoms with E-state index in [4.69, 9.17) is 9.47 Å². The van der Waals surface area contributed by atoms with E-state index in [0.29, 0.717) is 60.3 Å². The van der Waals surface area contributed by atoms with Gasteiger partial charge in [-0.3, -0.25) is 19.5 Å². The minimum Gasteiger partial charge on any atom is -0.477 e. The first kappa shape index (κ1) is 23.6. The zero-order chi connectivity index (χ0) is 24.5. The Morgan fingerprint density at radius 2 is 2.14 bits per heavy atom. The summed E-state index contributed by atoms with van der Waals surface area (Å²) in [7, 11) is -3.42. The van der Waals surface area contributed by atoms with Crippen molar-refractivity contribution in [2.45, 2.75) is 37.0 Å². The number of anilines is 1. The van der Waals surface area contributed by atoms with Crippen molar-refractivity contribution in [1.29, 1.82) is 0 Å². The minimum absolute atomic E-state index is 0.213. The highest BCUT2D eigenvalue weighted by Gasteiger charge is 2.41. The van der Waals surface area contributed by atoms with Crippen LogP contribution >= 0.6 is 11.3 Å². The number of pyridine rings is 1. The highest BCUT2D eigenvalue weighted by Crippen LogP contribution is 2.34. The van der Waals surface area contributed by atoms with Crippen LogP contribution in [0.4, 0.5) is 5.69 Å². The molecule has 4 heterocycles. The summed E-state index contributed by atoms with van der Waals surface area (Å²) >= 11 is 1.19. The normalized spacial score (nSPS) is 19.9. The third-order valence-corrected chi connectivity index (χ3v) is 8.59. The molecule has 3 aromatic rings. The summed E-state index contributed by atoms with van der Waals surface area (Å²) in [5, 5.41) is 2.93. The van der Waals surface area contributed by atoms with Gasteiger partial charge in [-0.1, -0.05) is 0 Å². The van der Waals surface area contributed by atoms with Gasteiger partial charge in [-0.2, -0.15) is 0 Å². The molecule has 1 aliphatic carbocycles. The standard InChI is InChI=1S/C22H24N6O5S2/c1-2-33-19-12-23-10-16(26-19)17-11-25-21(34-17)20(29)27-22(6-8-32-13-22)18-9-14(5-7-24-18)28-35(30,31)15-3-4-15/h5,7,9-12,15H,2-4,6,8,13H2,1H3,(H,24,28)(H,27,29). The molecule has 0 bridgehead atoms. The molecule has 2 aliphatic rings. The Kier molecular flexibility index (Phi) is 6.38. The van der Waals surface area contributed by atoms with E-state index in [1.54, 1.807) is 24.5 Å². The fraction of sp³-hybridized carbons (Fsp3) is 0.409. The zero-order valence-electron chi connectivity index (χ0n) is 18.9. The molecule has 13 heteroatoms. The minimum atomic E-state index is -3.42. The third-order valence-electron chi connectivity index (χ3n) is 5.71. The number of hydrogen-bond donors (Lipinski definition) is 2. The van der Waals surface area contributed by atoms with Crippen molar-refractivity contribution < 1.29 is 22.7 Å². The van der Waals surface area contributed by atoms with E-state index in [9.17, 15) is 13.2 Å². The molecule has 1 saturated carbocycles. The molecule has 1 unspecified atom stereocenters. The molecular formula is C22H24N6O5S2. The van der Waals surface area contributed by atoms with Crippen LogP contribution < -0.4 is 14.8 Å². The van der Waals surface area contributed by atoms with Gasteiger partial charge in [0.1, 0.15) is 11.2 Å². The van der Waals surface area contributed by atoms with Crippen LogP contribution in [0.3, 0.4) is 0 Å². The average molecular weight is 517 g/mol. The summed E-state index contributed by atoms with van der Waals surface area (Å²) in [5.74, 6) is 0.0150. The van der Waals surface area contributed by atoms with Gasteiger partial charge in [0.15, 0.2) is 5.01 Å². The van der Waals surface area contributed by atoms with Gasteiger partial charge < -0.3 is 14.8 Å². The molecule has 0 spiro atoms. The van der Waals surface area contributed by atoms with Gasteiger partial charge in [0.05, 0.1) is 47.1 Å². The first-order valence-corrected chi connectivity index (χ1v) is 13.5. The number of ether oxygens (including phenoxy) is 2. The molecule has 2 fully saturated rings. The summed E-state index contributed by atoms with van der Waals surface area (Å²) in [4.78, 5) is 31.1. The number of hydrogen-bond acceptors (Lipinski definition) is 10. The number of carbonyl (C=O) groups excluding carboxylic acids is 1. The second-order valence-electron chi connectivity index (χ2n) is 8.32. The summed E-state index contributed by atoms with van der Waals surface area (Å²) < 4.78 is 38.4. The van der Waals surface area contributed by atoms with Crippen molar-refractivity contribution in [2.75, 3.05) is 24.5 Å². The van der Waals surface area contributed by atoms with Crippen LogP contribution in [0.15, 0.2) is 36.9 Å². The lowest BCUT2D eigenvalue weighted by molar-refractivity contribution is 0.0872. The van der Waals surface area contributed by atoms with Gasteiger partial charge >= 0.3 is 0 Å². The third kappa shape index (κ3) is 5.11. The molecule has 184 valence electrons. The molecule has 5 rings (SSSR count). The number of amides is 1. The summed E-state index contributed by atoms with van der Waals surface area (Å²) in [6.45, 7) is 2.97. The maximum Gasteiger partial charge on any atom is 0.281 e. The zero-order valence-corrected chi connectivity index (χ0v) is 20.6. The van der Waals surface area contributed by atoms with Crippen LogP contribution in [-0.4, -0.2) is 59.3 Å². The number of carbonyl (C=O) groups is 1. The SMILES string of the molecule is CCOc1cncc(-c2cnc(C(=O)NC3(c4cc(NS(=O)(=O)C5CC5)ccn4)CCOC3)s2)n1. The first-order chi connectivity index (χ1) is 16.9. The maximum atomic E-state index is 13.2. The number of aromatic nitrogens is 4.